The average Bonchev–Trinajstić information content (AvgIpc) is 2.25. The van der Waals surface area contributed by atoms with Gasteiger partial charge in [0.05, 0.1) is 6.54 Å². The fourth-order valence-corrected chi connectivity index (χ4v) is 1.12. The zero-order valence-electron chi connectivity index (χ0n) is 9.75. The van der Waals surface area contributed by atoms with Crippen molar-refractivity contribution in [3.05, 3.63) is 35.9 Å². The Morgan fingerprint density at radius 1 is 1.13 bits per heavy atom. The molecular formula is C14H19N. The van der Waals surface area contributed by atoms with Crippen molar-refractivity contribution in [2.75, 3.05) is 6.54 Å². The highest BCUT2D eigenvalue weighted by Crippen LogP contribution is 1.98. The van der Waals surface area contributed by atoms with Crippen molar-refractivity contribution >= 4 is 0 Å². The maximum atomic E-state index is 3.38. The van der Waals surface area contributed by atoms with Crippen molar-refractivity contribution in [1.29, 1.82) is 0 Å². The SMILES string of the molecule is CC(C)C(C)NCC#Cc1ccccc1. The summed E-state index contributed by atoms with van der Waals surface area (Å²) in [6, 6.07) is 10.6. The third kappa shape index (κ3) is 4.67. The molecule has 1 unspecified atom stereocenters. The molecule has 1 heteroatoms. The minimum atomic E-state index is 0.523. The molecule has 0 fully saturated rings. The van der Waals surface area contributed by atoms with Crippen molar-refractivity contribution in [1.82, 2.24) is 5.32 Å². The highest BCUT2D eigenvalue weighted by molar-refractivity contribution is 5.33. The molecule has 1 N–H and O–H groups in total. The Hall–Kier alpha value is -1.26. The first-order valence-electron chi connectivity index (χ1n) is 5.47. The Morgan fingerprint density at radius 3 is 2.40 bits per heavy atom. The van der Waals surface area contributed by atoms with E-state index >= 15 is 0 Å². The summed E-state index contributed by atoms with van der Waals surface area (Å²) in [5.74, 6) is 6.91. The van der Waals surface area contributed by atoms with Gasteiger partial charge in [0.15, 0.2) is 0 Å². The van der Waals surface area contributed by atoms with Crippen LogP contribution in [0.1, 0.15) is 26.3 Å². The fraction of sp³-hybridized carbons (Fsp3) is 0.429. The van der Waals surface area contributed by atoms with Crippen molar-refractivity contribution in [3.8, 4) is 11.8 Å². The second-order valence-electron chi connectivity index (χ2n) is 4.08. The Balaban J connectivity index is 2.35. The summed E-state index contributed by atoms with van der Waals surface area (Å²) in [5.41, 5.74) is 1.08. The lowest BCUT2D eigenvalue weighted by Crippen LogP contribution is -2.30. The maximum Gasteiger partial charge on any atom is 0.0582 e. The van der Waals surface area contributed by atoms with Crippen LogP contribution in [0, 0.1) is 17.8 Å². The molecule has 0 heterocycles. The van der Waals surface area contributed by atoms with Gasteiger partial charge in [0.2, 0.25) is 0 Å². The molecular weight excluding hydrogens is 182 g/mol. The van der Waals surface area contributed by atoms with E-state index in [1.807, 2.05) is 30.3 Å². The summed E-state index contributed by atoms with van der Waals surface area (Å²) >= 11 is 0. The zero-order valence-corrected chi connectivity index (χ0v) is 9.75. The lowest BCUT2D eigenvalue weighted by Gasteiger charge is -2.14. The normalized spacial score (nSPS) is 12.0. The van der Waals surface area contributed by atoms with Crippen LogP contribution >= 0.6 is 0 Å². The Labute approximate surface area is 92.9 Å². The van der Waals surface area contributed by atoms with E-state index in [9.17, 15) is 0 Å². The molecule has 0 aromatic heterocycles. The van der Waals surface area contributed by atoms with E-state index < -0.39 is 0 Å². The summed E-state index contributed by atoms with van der Waals surface area (Å²) in [6.45, 7) is 7.37. The van der Waals surface area contributed by atoms with Crippen molar-refractivity contribution in [2.45, 2.75) is 26.8 Å². The quantitative estimate of drug-likeness (QED) is 0.741. The monoisotopic (exact) mass is 201 g/mol. The van der Waals surface area contributed by atoms with Gasteiger partial charge in [0.1, 0.15) is 0 Å². The molecule has 0 radical (unpaired) electrons. The van der Waals surface area contributed by atoms with Crippen LogP contribution in [0.3, 0.4) is 0 Å². The summed E-state index contributed by atoms with van der Waals surface area (Å²) in [5, 5.41) is 3.38. The van der Waals surface area contributed by atoms with Crippen LogP contribution in [0.5, 0.6) is 0 Å². The van der Waals surface area contributed by atoms with Crippen LogP contribution < -0.4 is 5.32 Å². The molecule has 0 bridgehead atoms. The smallest absolute Gasteiger partial charge is 0.0582 e. The van der Waals surface area contributed by atoms with Gasteiger partial charge in [-0.2, -0.15) is 0 Å². The lowest BCUT2D eigenvalue weighted by molar-refractivity contribution is 0.447. The first kappa shape index (κ1) is 11.8. The van der Waals surface area contributed by atoms with Crippen LogP contribution in [0.15, 0.2) is 30.3 Å². The van der Waals surface area contributed by atoms with Gasteiger partial charge in [0.25, 0.3) is 0 Å². The third-order valence-electron chi connectivity index (χ3n) is 2.52. The first-order valence-corrected chi connectivity index (χ1v) is 5.47. The lowest BCUT2D eigenvalue weighted by atomic mass is 10.1. The third-order valence-corrected chi connectivity index (χ3v) is 2.52. The molecule has 80 valence electrons. The molecule has 0 amide bonds. The fourth-order valence-electron chi connectivity index (χ4n) is 1.12. The molecule has 0 spiro atoms. The molecule has 0 saturated carbocycles. The summed E-state index contributed by atoms with van der Waals surface area (Å²) in [4.78, 5) is 0. The number of hydrogen-bond donors (Lipinski definition) is 1. The predicted molar refractivity (Wildman–Crippen MR) is 65.6 cm³/mol. The van der Waals surface area contributed by atoms with E-state index in [0.29, 0.717) is 12.0 Å². The second kappa shape index (κ2) is 6.27. The molecule has 0 aliphatic carbocycles. The summed E-state index contributed by atoms with van der Waals surface area (Å²) in [7, 11) is 0. The minimum Gasteiger partial charge on any atom is -0.303 e. The minimum absolute atomic E-state index is 0.523. The van der Waals surface area contributed by atoms with Gasteiger partial charge in [0, 0.05) is 11.6 Å². The Bertz CT molecular complexity index is 329. The predicted octanol–water partition coefficient (Wildman–Crippen LogP) is 2.67. The number of hydrogen-bond acceptors (Lipinski definition) is 1. The van der Waals surface area contributed by atoms with Gasteiger partial charge in [-0.05, 0) is 25.0 Å². The van der Waals surface area contributed by atoms with E-state index in [-0.39, 0.29) is 0 Å². The highest BCUT2D eigenvalue weighted by atomic mass is 14.9. The number of benzene rings is 1. The molecule has 1 rings (SSSR count). The van der Waals surface area contributed by atoms with Crippen molar-refractivity contribution in [3.63, 3.8) is 0 Å². The van der Waals surface area contributed by atoms with E-state index in [0.717, 1.165) is 12.1 Å². The standard InChI is InChI=1S/C14H19N/c1-12(2)13(3)15-11-7-10-14-8-5-4-6-9-14/h4-6,8-9,12-13,15H,11H2,1-3H3. The van der Waals surface area contributed by atoms with Crippen molar-refractivity contribution in [2.24, 2.45) is 5.92 Å². The summed E-state index contributed by atoms with van der Waals surface area (Å²) < 4.78 is 0. The van der Waals surface area contributed by atoms with Gasteiger partial charge in [-0.1, -0.05) is 43.9 Å². The zero-order chi connectivity index (χ0) is 11.1. The topological polar surface area (TPSA) is 12.0 Å². The average molecular weight is 201 g/mol. The van der Waals surface area contributed by atoms with Gasteiger partial charge >= 0.3 is 0 Å². The van der Waals surface area contributed by atoms with E-state index in [1.165, 1.54) is 0 Å². The van der Waals surface area contributed by atoms with Crippen LogP contribution in [0.4, 0.5) is 0 Å². The molecule has 0 aliphatic heterocycles. The van der Waals surface area contributed by atoms with E-state index in [4.69, 9.17) is 0 Å². The van der Waals surface area contributed by atoms with Crippen LogP contribution in [0.25, 0.3) is 0 Å². The molecule has 1 aromatic rings. The molecule has 1 atom stereocenters. The van der Waals surface area contributed by atoms with E-state index in [1.54, 1.807) is 0 Å². The largest absolute Gasteiger partial charge is 0.303 e. The van der Waals surface area contributed by atoms with Crippen molar-refractivity contribution < 1.29 is 0 Å². The summed E-state index contributed by atoms with van der Waals surface area (Å²) in [6.07, 6.45) is 0. The van der Waals surface area contributed by atoms with Gasteiger partial charge in [-0.15, -0.1) is 0 Å². The van der Waals surface area contributed by atoms with E-state index in [2.05, 4.69) is 37.9 Å². The molecule has 0 saturated heterocycles. The Morgan fingerprint density at radius 2 is 1.80 bits per heavy atom. The Kier molecular flexibility index (Phi) is 4.93. The molecule has 1 nitrogen and oxygen atoms in total. The second-order valence-corrected chi connectivity index (χ2v) is 4.08. The molecule has 15 heavy (non-hydrogen) atoms. The highest BCUT2D eigenvalue weighted by Gasteiger charge is 2.03. The molecule has 0 aliphatic rings. The van der Waals surface area contributed by atoms with Gasteiger partial charge in [-0.25, -0.2) is 0 Å². The van der Waals surface area contributed by atoms with Crippen LogP contribution in [0.2, 0.25) is 0 Å². The first-order chi connectivity index (χ1) is 7.20. The number of nitrogens with one attached hydrogen (secondary N) is 1. The van der Waals surface area contributed by atoms with Crippen LogP contribution in [-0.4, -0.2) is 12.6 Å². The molecule has 1 aromatic carbocycles. The van der Waals surface area contributed by atoms with Gasteiger partial charge < -0.3 is 5.32 Å². The number of rotatable bonds is 3. The van der Waals surface area contributed by atoms with Crippen LogP contribution in [-0.2, 0) is 0 Å². The maximum absolute atomic E-state index is 3.38. The van der Waals surface area contributed by atoms with Gasteiger partial charge in [-0.3, -0.25) is 0 Å².